The minimum absolute atomic E-state index is 0.100. The molecule has 4 heterocycles. The first-order valence-electron chi connectivity index (χ1n) is 19.7. The highest BCUT2D eigenvalue weighted by Gasteiger charge is 2.35. The topological polar surface area (TPSA) is 142 Å². The van der Waals surface area contributed by atoms with E-state index >= 15 is 0 Å². The Morgan fingerprint density at radius 3 is 1.44 bits per heavy atom. The van der Waals surface area contributed by atoms with E-state index in [2.05, 4.69) is 86.9 Å². The van der Waals surface area contributed by atoms with Gasteiger partial charge in [-0.15, -0.1) is 0 Å². The fourth-order valence-corrected chi connectivity index (χ4v) is 8.15. The van der Waals surface area contributed by atoms with Crippen LogP contribution in [0.3, 0.4) is 0 Å². The number of rotatable bonds is 7. The molecule has 57 heavy (non-hydrogen) atoms. The number of amides is 1. The largest absolute Gasteiger partial charge is 0.399 e. The molecule has 10 rings (SSSR count). The zero-order chi connectivity index (χ0) is 39.1. The molecule has 7 N–H and O–H groups in total. The quantitative estimate of drug-likeness (QED) is 0.128. The lowest BCUT2D eigenvalue weighted by atomic mass is 9.72. The smallest absolute Gasteiger partial charge is 0.221 e. The second-order valence-electron chi connectivity index (χ2n) is 15.5. The molecule has 2 aliphatic carbocycles. The number of pyridine rings is 2. The summed E-state index contributed by atoms with van der Waals surface area (Å²) in [6, 6.07) is 45.3. The van der Waals surface area contributed by atoms with Gasteiger partial charge in [-0.25, -0.2) is 9.97 Å². The zero-order valence-electron chi connectivity index (χ0n) is 32.0. The van der Waals surface area contributed by atoms with Crippen LogP contribution in [0.1, 0.15) is 56.6 Å². The van der Waals surface area contributed by atoms with Crippen molar-refractivity contribution in [2.24, 2.45) is 11.5 Å². The minimum Gasteiger partial charge on any atom is -0.399 e. The van der Waals surface area contributed by atoms with Crippen LogP contribution in [0.15, 0.2) is 146 Å². The molecule has 1 amide bonds. The van der Waals surface area contributed by atoms with Gasteiger partial charge < -0.3 is 22.5 Å². The predicted octanol–water partition coefficient (Wildman–Crippen LogP) is 9.55. The Kier molecular flexibility index (Phi) is 9.19. The number of imidazole rings is 2. The van der Waals surface area contributed by atoms with Gasteiger partial charge in [0.1, 0.15) is 11.3 Å². The summed E-state index contributed by atoms with van der Waals surface area (Å²) in [5.41, 5.74) is 32.4. The van der Waals surface area contributed by atoms with E-state index in [0.29, 0.717) is 5.69 Å². The molecular formula is C48H46N8O. The molecule has 0 aliphatic heterocycles. The molecule has 0 unspecified atom stereocenters. The summed E-state index contributed by atoms with van der Waals surface area (Å²) < 4.78 is 4.17. The van der Waals surface area contributed by atoms with E-state index < -0.39 is 0 Å². The van der Waals surface area contributed by atoms with Crippen LogP contribution in [0, 0.1) is 0 Å². The Balaban J connectivity index is 0.000000149. The number of nitrogens with zero attached hydrogens (tertiary/aromatic N) is 4. The van der Waals surface area contributed by atoms with Crippen molar-refractivity contribution in [3.8, 4) is 45.0 Å². The average Bonchev–Trinajstić information content (AvgIpc) is 3.78. The number of nitrogens with two attached hydrogens (primary N) is 3. The molecule has 9 heteroatoms. The lowest BCUT2D eigenvalue weighted by molar-refractivity contribution is -0.114. The van der Waals surface area contributed by atoms with Gasteiger partial charge in [-0.05, 0) is 61.8 Å². The molecule has 4 aromatic carbocycles. The second-order valence-corrected chi connectivity index (χ2v) is 15.5. The first-order chi connectivity index (χ1) is 27.7. The molecule has 2 fully saturated rings. The maximum absolute atomic E-state index is 11.5. The highest BCUT2D eigenvalue weighted by Crippen LogP contribution is 2.42. The number of nitrogens with one attached hydrogen (secondary N) is 1. The Labute approximate surface area is 332 Å². The van der Waals surface area contributed by atoms with Crippen LogP contribution in [0.25, 0.3) is 56.3 Å². The van der Waals surface area contributed by atoms with Gasteiger partial charge >= 0.3 is 0 Å². The number of hydrogen-bond acceptors (Lipinski definition) is 6. The monoisotopic (exact) mass is 750 g/mol. The minimum atomic E-state index is -0.174. The van der Waals surface area contributed by atoms with Gasteiger partial charge in [0.25, 0.3) is 0 Å². The van der Waals surface area contributed by atoms with E-state index in [9.17, 15) is 4.79 Å². The molecule has 4 aromatic heterocycles. The van der Waals surface area contributed by atoms with Crippen molar-refractivity contribution in [3.63, 3.8) is 0 Å². The molecule has 9 nitrogen and oxygen atoms in total. The SMILES string of the molecule is CC(=O)Nc1ccn2c(-c3ccccc3)c(-c3ccc(C4(N)CCC4)cc3)nc2c1.Nc1ccn2c(-c3ccccc3)c(-c3ccc(C4(N)CCC4)cc3)nc2c1. The van der Waals surface area contributed by atoms with Crippen LogP contribution in [0.4, 0.5) is 11.4 Å². The molecular weight excluding hydrogens is 705 g/mol. The van der Waals surface area contributed by atoms with Gasteiger partial charge in [0, 0.05) is 76.2 Å². The molecule has 0 atom stereocenters. The number of carbonyl (C=O) groups excluding carboxylic acids is 1. The second kappa shape index (κ2) is 14.5. The van der Waals surface area contributed by atoms with Crippen LogP contribution < -0.4 is 22.5 Å². The number of anilines is 2. The Hall–Kier alpha value is -6.55. The van der Waals surface area contributed by atoms with Gasteiger partial charge in [0.2, 0.25) is 5.91 Å². The van der Waals surface area contributed by atoms with Crippen molar-refractivity contribution < 1.29 is 4.79 Å². The average molecular weight is 751 g/mol. The Bertz CT molecular complexity index is 2710. The van der Waals surface area contributed by atoms with Crippen molar-refractivity contribution in [3.05, 3.63) is 157 Å². The number of fused-ring (bicyclic) bond motifs is 2. The fourth-order valence-electron chi connectivity index (χ4n) is 8.15. The number of hydrogen-bond donors (Lipinski definition) is 4. The predicted molar refractivity (Wildman–Crippen MR) is 230 cm³/mol. The Morgan fingerprint density at radius 1 is 0.579 bits per heavy atom. The number of aromatic nitrogens is 4. The molecule has 0 spiro atoms. The highest BCUT2D eigenvalue weighted by molar-refractivity contribution is 5.90. The van der Waals surface area contributed by atoms with Crippen molar-refractivity contribution in [2.45, 2.75) is 56.5 Å². The summed E-state index contributed by atoms with van der Waals surface area (Å²) in [7, 11) is 0. The van der Waals surface area contributed by atoms with E-state index in [4.69, 9.17) is 27.2 Å². The highest BCUT2D eigenvalue weighted by atomic mass is 16.1. The third-order valence-corrected chi connectivity index (χ3v) is 11.6. The van der Waals surface area contributed by atoms with Gasteiger partial charge in [0.05, 0.1) is 22.8 Å². The van der Waals surface area contributed by atoms with Gasteiger partial charge in [-0.2, -0.15) is 0 Å². The number of benzene rings is 4. The van der Waals surface area contributed by atoms with Crippen molar-refractivity contribution >= 4 is 28.6 Å². The van der Waals surface area contributed by atoms with Gasteiger partial charge in [-0.1, -0.05) is 109 Å². The first-order valence-corrected chi connectivity index (χ1v) is 19.7. The lowest BCUT2D eigenvalue weighted by Crippen LogP contribution is -2.43. The summed E-state index contributed by atoms with van der Waals surface area (Å²) in [6.07, 6.45) is 10.6. The van der Waals surface area contributed by atoms with E-state index in [1.807, 2.05) is 73.1 Å². The summed E-state index contributed by atoms with van der Waals surface area (Å²) in [5, 5.41) is 2.84. The molecule has 0 radical (unpaired) electrons. The summed E-state index contributed by atoms with van der Waals surface area (Å²) in [6.45, 7) is 1.50. The molecule has 284 valence electrons. The maximum atomic E-state index is 11.5. The fraction of sp³-hybridized carbons (Fsp3) is 0.188. The van der Waals surface area contributed by atoms with Crippen LogP contribution in [-0.4, -0.2) is 24.7 Å². The molecule has 2 aliphatic rings. The van der Waals surface area contributed by atoms with E-state index in [1.165, 1.54) is 30.9 Å². The third-order valence-electron chi connectivity index (χ3n) is 11.6. The van der Waals surface area contributed by atoms with Gasteiger partial charge in [0.15, 0.2) is 0 Å². The van der Waals surface area contributed by atoms with E-state index in [1.54, 1.807) is 0 Å². The maximum Gasteiger partial charge on any atom is 0.221 e. The van der Waals surface area contributed by atoms with Crippen molar-refractivity contribution in [1.29, 1.82) is 0 Å². The van der Waals surface area contributed by atoms with Crippen LogP contribution in [0.2, 0.25) is 0 Å². The molecule has 0 bridgehead atoms. The normalized spacial score (nSPS) is 15.3. The summed E-state index contributed by atoms with van der Waals surface area (Å²) in [5.74, 6) is -0.100. The molecule has 0 saturated heterocycles. The van der Waals surface area contributed by atoms with E-state index in [0.717, 1.165) is 87.7 Å². The molecule has 8 aromatic rings. The number of carbonyl (C=O) groups is 1. The lowest BCUT2D eigenvalue weighted by Gasteiger charge is -2.38. The van der Waals surface area contributed by atoms with Crippen LogP contribution >= 0.6 is 0 Å². The number of nitrogen functional groups attached to an aromatic ring is 1. The zero-order valence-corrected chi connectivity index (χ0v) is 32.0. The first kappa shape index (κ1) is 36.1. The molecule has 2 saturated carbocycles. The van der Waals surface area contributed by atoms with Crippen molar-refractivity contribution in [2.75, 3.05) is 11.1 Å². The van der Waals surface area contributed by atoms with Crippen molar-refractivity contribution in [1.82, 2.24) is 18.8 Å². The van der Waals surface area contributed by atoms with E-state index in [-0.39, 0.29) is 17.0 Å². The third kappa shape index (κ3) is 6.85. The standard InChI is InChI=1S/C25H24N4O.C23H22N4/c1-17(30)27-21-12-15-29-22(16-21)28-23(24(29)19-6-3-2-4-7-19)18-8-10-20(11-9-18)25(26)13-5-14-25;24-19-11-14-27-20(15-19)26-21(22(27)17-5-2-1-3-6-17)16-7-9-18(10-8-16)23(25)12-4-13-23/h2-4,6-12,15-16H,5,13-14,26H2,1H3,(H,27,30);1-3,5-11,14-15H,4,12-13,24-25H2. The summed E-state index contributed by atoms with van der Waals surface area (Å²) in [4.78, 5) is 21.3. The summed E-state index contributed by atoms with van der Waals surface area (Å²) >= 11 is 0. The van der Waals surface area contributed by atoms with Crippen LogP contribution in [-0.2, 0) is 15.9 Å². The van der Waals surface area contributed by atoms with Crippen LogP contribution in [0.5, 0.6) is 0 Å². The van der Waals surface area contributed by atoms with Gasteiger partial charge in [-0.3, -0.25) is 13.6 Å². The Morgan fingerprint density at radius 2 is 1.02 bits per heavy atom.